The summed E-state index contributed by atoms with van der Waals surface area (Å²) in [7, 11) is 0. The summed E-state index contributed by atoms with van der Waals surface area (Å²) >= 11 is 6.18. The molecule has 1 aliphatic rings. The predicted molar refractivity (Wildman–Crippen MR) is 107 cm³/mol. The summed E-state index contributed by atoms with van der Waals surface area (Å²) in [6.07, 6.45) is 2.55. The smallest absolute Gasteiger partial charge is 0.412 e. The Morgan fingerprint density at radius 3 is 2.44 bits per heavy atom. The normalized spacial score (nSPS) is 15.1. The summed E-state index contributed by atoms with van der Waals surface area (Å²) in [6, 6.07) is 4.76. The minimum absolute atomic E-state index is 0.288. The number of halogens is 1. The zero-order valence-electron chi connectivity index (χ0n) is 16.1. The number of ether oxygens (including phenoxy) is 2. The zero-order valence-corrected chi connectivity index (χ0v) is 16.9. The average Bonchev–Trinajstić information content (AvgIpc) is 2.56. The number of amides is 2. The fourth-order valence-corrected chi connectivity index (χ4v) is 2.94. The summed E-state index contributed by atoms with van der Waals surface area (Å²) in [4.78, 5) is 26.0. The lowest BCUT2D eigenvalue weighted by atomic mass is 10.1. The van der Waals surface area contributed by atoms with E-state index in [4.69, 9.17) is 21.1 Å². The van der Waals surface area contributed by atoms with E-state index in [1.54, 1.807) is 32.9 Å². The molecule has 150 valence electrons. The van der Waals surface area contributed by atoms with Gasteiger partial charge in [-0.05, 0) is 64.9 Å². The van der Waals surface area contributed by atoms with E-state index in [2.05, 4.69) is 15.5 Å². The number of carbonyl (C=O) groups excluding carboxylic acids is 2. The molecule has 1 heterocycles. The van der Waals surface area contributed by atoms with Gasteiger partial charge < -0.3 is 9.47 Å². The van der Waals surface area contributed by atoms with Crippen LogP contribution in [0.5, 0.6) is 0 Å². The lowest BCUT2D eigenvalue weighted by Gasteiger charge is -2.25. The molecule has 1 aromatic carbocycles. The molecule has 1 fully saturated rings. The lowest BCUT2D eigenvalue weighted by Crippen LogP contribution is -2.33. The molecular formula is C19H28ClN3O4. The summed E-state index contributed by atoms with van der Waals surface area (Å²) in [5.41, 5.74) is 0.292. The Kier molecular flexibility index (Phi) is 7.74. The third-order valence-electron chi connectivity index (χ3n) is 3.94. The fourth-order valence-electron chi connectivity index (χ4n) is 2.71. The first-order chi connectivity index (χ1) is 12.7. The van der Waals surface area contributed by atoms with Crippen LogP contribution in [0.1, 0.15) is 40.0 Å². The molecule has 0 saturated carbocycles. The molecule has 0 unspecified atom stereocenters. The minimum atomic E-state index is -0.590. The van der Waals surface area contributed by atoms with Gasteiger partial charge in [0, 0.05) is 12.2 Å². The van der Waals surface area contributed by atoms with E-state index >= 15 is 0 Å². The third kappa shape index (κ3) is 8.05. The van der Waals surface area contributed by atoms with E-state index in [9.17, 15) is 9.59 Å². The average molecular weight is 398 g/mol. The summed E-state index contributed by atoms with van der Waals surface area (Å²) in [6.45, 7) is 8.53. The van der Waals surface area contributed by atoms with Gasteiger partial charge in [-0.3, -0.25) is 15.5 Å². The Bertz CT molecular complexity index is 655. The van der Waals surface area contributed by atoms with Gasteiger partial charge in [0.2, 0.25) is 0 Å². The molecule has 0 aliphatic carbocycles. The molecule has 2 amide bonds. The summed E-state index contributed by atoms with van der Waals surface area (Å²) in [5, 5.41) is 5.49. The van der Waals surface area contributed by atoms with E-state index in [1.165, 1.54) is 25.3 Å². The van der Waals surface area contributed by atoms with Gasteiger partial charge >= 0.3 is 12.2 Å². The molecule has 27 heavy (non-hydrogen) atoms. The van der Waals surface area contributed by atoms with Gasteiger partial charge in [0.05, 0.1) is 10.7 Å². The van der Waals surface area contributed by atoms with Gasteiger partial charge in [0.1, 0.15) is 12.2 Å². The quantitative estimate of drug-likeness (QED) is 0.751. The fraction of sp³-hybridized carbons (Fsp3) is 0.579. The van der Waals surface area contributed by atoms with Crippen molar-refractivity contribution in [3.63, 3.8) is 0 Å². The molecule has 2 rings (SSSR count). The zero-order chi connectivity index (χ0) is 19.9. The van der Waals surface area contributed by atoms with Crippen LogP contribution in [0.15, 0.2) is 18.2 Å². The number of carbonyl (C=O) groups is 2. The number of rotatable bonds is 5. The second kappa shape index (κ2) is 9.80. The van der Waals surface area contributed by atoms with Crippen molar-refractivity contribution in [3.05, 3.63) is 23.2 Å². The van der Waals surface area contributed by atoms with Crippen LogP contribution >= 0.6 is 11.6 Å². The molecule has 1 aliphatic heterocycles. The molecule has 0 aromatic heterocycles. The third-order valence-corrected chi connectivity index (χ3v) is 4.25. The maximum Gasteiger partial charge on any atom is 0.412 e. The first-order valence-electron chi connectivity index (χ1n) is 9.18. The summed E-state index contributed by atoms with van der Waals surface area (Å²) in [5.74, 6) is 0. The molecular weight excluding hydrogens is 370 g/mol. The van der Waals surface area contributed by atoms with Gasteiger partial charge in [-0.2, -0.15) is 0 Å². The van der Waals surface area contributed by atoms with Gasteiger partial charge in [-0.15, -0.1) is 0 Å². The van der Waals surface area contributed by atoms with Gasteiger partial charge in [0.25, 0.3) is 0 Å². The van der Waals surface area contributed by atoms with Crippen molar-refractivity contribution in [1.82, 2.24) is 4.90 Å². The molecule has 1 saturated heterocycles. The van der Waals surface area contributed by atoms with Crippen LogP contribution in [-0.2, 0) is 9.47 Å². The topological polar surface area (TPSA) is 79.9 Å². The van der Waals surface area contributed by atoms with Gasteiger partial charge in [-0.1, -0.05) is 18.0 Å². The van der Waals surface area contributed by atoms with E-state index in [-0.39, 0.29) is 5.02 Å². The largest absolute Gasteiger partial charge is 0.448 e. The number of likely N-dealkylation sites (tertiary alicyclic amines) is 1. The number of hydrogen-bond acceptors (Lipinski definition) is 5. The van der Waals surface area contributed by atoms with Crippen molar-refractivity contribution in [1.29, 1.82) is 0 Å². The second-order valence-electron chi connectivity index (χ2n) is 7.48. The first-order valence-corrected chi connectivity index (χ1v) is 9.56. The molecule has 1 aromatic rings. The van der Waals surface area contributed by atoms with Crippen molar-refractivity contribution in [2.45, 2.75) is 45.6 Å². The predicted octanol–water partition coefficient (Wildman–Crippen LogP) is 4.72. The number of anilines is 2. The highest BCUT2D eigenvalue weighted by molar-refractivity contribution is 6.34. The Morgan fingerprint density at radius 1 is 1.11 bits per heavy atom. The molecule has 0 spiro atoms. The van der Waals surface area contributed by atoms with Crippen molar-refractivity contribution in [2.24, 2.45) is 0 Å². The van der Waals surface area contributed by atoms with Crippen LogP contribution in [-0.4, -0.2) is 48.9 Å². The van der Waals surface area contributed by atoms with Crippen LogP contribution in [0.3, 0.4) is 0 Å². The van der Waals surface area contributed by atoms with Crippen molar-refractivity contribution in [3.8, 4) is 0 Å². The van der Waals surface area contributed by atoms with Crippen LogP contribution in [0.2, 0.25) is 5.02 Å². The van der Waals surface area contributed by atoms with Crippen molar-refractivity contribution < 1.29 is 19.1 Å². The number of piperidine rings is 1. The Morgan fingerprint density at radius 2 is 1.81 bits per heavy atom. The number of benzene rings is 1. The highest BCUT2D eigenvalue weighted by Gasteiger charge is 2.17. The first kappa shape index (κ1) is 21.3. The summed E-state index contributed by atoms with van der Waals surface area (Å²) < 4.78 is 10.4. The van der Waals surface area contributed by atoms with Gasteiger partial charge in [-0.25, -0.2) is 9.59 Å². The maximum absolute atomic E-state index is 11.9. The van der Waals surface area contributed by atoms with E-state index in [0.717, 1.165) is 19.6 Å². The molecule has 8 heteroatoms. The van der Waals surface area contributed by atoms with E-state index in [1.807, 2.05) is 0 Å². The van der Waals surface area contributed by atoms with E-state index in [0.29, 0.717) is 18.0 Å². The molecule has 0 radical (unpaired) electrons. The Hall–Kier alpha value is -1.99. The Labute approximate surface area is 165 Å². The number of hydrogen-bond donors (Lipinski definition) is 2. The molecule has 7 nitrogen and oxygen atoms in total. The van der Waals surface area contributed by atoms with E-state index < -0.39 is 17.8 Å². The SMILES string of the molecule is CC(C)(C)OC(=O)Nc1ccc(NC(=O)OCCN2CCCCC2)c(Cl)c1. The number of nitrogens with zero attached hydrogens (tertiary/aromatic N) is 1. The molecule has 2 N–H and O–H groups in total. The van der Waals surface area contributed by atoms with Crippen LogP contribution in [0.25, 0.3) is 0 Å². The molecule has 0 atom stereocenters. The number of nitrogens with one attached hydrogen (secondary N) is 2. The van der Waals surface area contributed by atoms with Crippen LogP contribution < -0.4 is 10.6 Å². The standard InChI is InChI=1S/C19H28ClN3O4/c1-19(2,3)27-18(25)21-14-7-8-16(15(20)13-14)22-17(24)26-12-11-23-9-5-4-6-10-23/h7-8,13H,4-6,9-12H2,1-3H3,(H,21,25)(H,22,24). The lowest BCUT2D eigenvalue weighted by molar-refractivity contribution is 0.0636. The highest BCUT2D eigenvalue weighted by Crippen LogP contribution is 2.26. The van der Waals surface area contributed by atoms with Crippen molar-refractivity contribution in [2.75, 3.05) is 36.9 Å². The second-order valence-corrected chi connectivity index (χ2v) is 7.89. The monoisotopic (exact) mass is 397 g/mol. The maximum atomic E-state index is 11.9. The molecule has 0 bridgehead atoms. The van der Waals surface area contributed by atoms with Crippen molar-refractivity contribution >= 4 is 35.2 Å². The highest BCUT2D eigenvalue weighted by atomic mass is 35.5. The minimum Gasteiger partial charge on any atom is -0.448 e. The Balaban J connectivity index is 1.78. The van der Waals surface area contributed by atoms with Gasteiger partial charge in [0.15, 0.2) is 0 Å². The van der Waals surface area contributed by atoms with Crippen LogP contribution in [0.4, 0.5) is 21.0 Å². The van der Waals surface area contributed by atoms with Crippen LogP contribution in [0, 0.1) is 0 Å².